The minimum absolute atomic E-state index is 0.196. The Morgan fingerprint density at radius 3 is 2.67 bits per heavy atom. The number of anilines is 1. The van der Waals surface area contributed by atoms with Gasteiger partial charge in [0.05, 0.1) is 16.1 Å². The fraction of sp³-hybridized carbons (Fsp3) is 0.619. The number of carbonyl (C=O) groups excluding carboxylic acids is 1. The number of nitrogens with one attached hydrogen (secondary N) is 1. The smallest absolute Gasteiger partial charge is 0.224 e. The van der Waals surface area contributed by atoms with Gasteiger partial charge in [-0.25, -0.2) is 4.98 Å². The number of benzene rings is 1. The summed E-state index contributed by atoms with van der Waals surface area (Å²) < 4.78 is 1.27. The first-order valence-electron chi connectivity index (χ1n) is 10.4. The van der Waals surface area contributed by atoms with Gasteiger partial charge < -0.3 is 10.2 Å². The molecule has 0 bridgehead atoms. The number of amides is 1. The number of carbonyl (C=O) groups is 1. The zero-order valence-electron chi connectivity index (χ0n) is 15.8. The molecular formula is C21H28N4OS. The highest BCUT2D eigenvalue weighted by Crippen LogP contribution is 2.32. The lowest BCUT2D eigenvalue weighted by Gasteiger charge is -2.42. The Balaban J connectivity index is 1.18. The molecule has 3 heterocycles. The van der Waals surface area contributed by atoms with Crippen molar-refractivity contribution in [3.8, 4) is 0 Å². The predicted octanol–water partition coefficient (Wildman–Crippen LogP) is 3.26. The summed E-state index contributed by atoms with van der Waals surface area (Å²) in [6.45, 7) is 4.24. The van der Waals surface area contributed by atoms with E-state index in [-0.39, 0.29) is 5.92 Å². The maximum atomic E-state index is 12.4. The lowest BCUT2D eigenvalue weighted by Crippen LogP contribution is -2.51. The first-order valence-corrected chi connectivity index (χ1v) is 11.2. The van der Waals surface area contributed by atoms with Crippen LogP contribution in [0.3, 0.4) is 0 Å². The zero-order chi connectivity index (χ0) is 18.2. The van der Waals surface area contributed by atoms with Crippen molar-refractivity contribution < 1.29 is 4.79 Å². The van der Waals surface area contributed by atoms with Crippen molar-refractivity contribution in [1.82, 2.24) is 15.2 Å². The van der Waals surface area contributed by atoms with E-state index < -0.39 is 0 Å². The molecule has 0 unspecified atom stereocenters. The second kappa shape index (κ2) is 7.40. The van der Waals surface area contributed by atoms with Crippen LogP contribution in [0.2, 0.25) is 0 Å². The summed E-state index contributed by atoms with van der Waals surface area (Å²) in [4.78, 5) is 22.3. The molecule has 1 aromatic heterocycles. The average molecular weight is 385 g/mol. The summed E-state index contributed by atoms with van der Waals surface area (Å²) in [7, 11) is 0. The van der Waals surface area contributed by atoms with Crippen molar-refractivity contribution in [2.24, 2.45) is 5.92 Å². The Hall–Kier alpha value is -1.66. The molecule has 2 saturated heterocycles. The summed E-state index contributed by atoms with van der Waals surface area (Å²) in [6, 6.07) is 9.50. The molecule has 1 atom stereocenters. The molecule has 27 heavy (non-hydrogen) atoms. The monoisotopic (exact) mass is 384 g/mol. The molecule has 3 fully saturated rings. The number of hydrogen-bond donors (Lipinski definition) is 1. The Labute approximate surface area is 164 Å². The second-order valence-corrected chi connectivity index (χ2v) is 9.31. The number of hydrogen-bond acceptors (Lipinski definition) is 5. The Morgan fingerprint density at radius 2 is 1.89 bits per heavy atom. The van der Waals surface area contributed by atoms with Gasteiger partial charge in [0.2, 0.25) is 5.91 Å². The Morgan fingerprint density at radius 1 is 1.07 bits per heavy atom. The highest BCUT2D eigenvalue weighted by atomic mass is 32.1. The van der Waals surface area contributed by atoms with E-state index in [4.69, 9.17) is 4.98 Å². The molecule has 5 rings (SSSR count). The van der Waals surface area contributed by atoms with E-state index in [9.17, 15) is 4.79 Å². The van der Waals surface area contributed by atoms with Gasteiger partial charge in [0.15, 0.2) is 5.13 Å². The van der Waals surface area contributed by atoms with Crippen LogP contribution in [0.4, 0.5) is 5.13 Å². The van der Waals surface area contributed by atoms with Gasteiger partial charge in [-0.15, -0.1) is 0 Å². The van der Waals surface area contributed by atoms with Crippen molar-refractivity contribution in [2.45, 2.75) is 50.6 Å². The van der Waals surface area contributed by atoms with Gasteiger partial charge in [-0.2, -0.15) is 0 Å². The number of rotatable bonds is 4. The van der Waals surface area contributed by atoms with Crippen LogP contribution < -0.4 is 10.2 Å². The largest absolute Gasteiger partial charge is 0.353 e. The molecule has 1 N–H and O–H groups in total. The molecule has 1 aromatic carbocycles. The van der Waals surface area contributed by atoms with E-state index in [0.29, 0.717) is 18.0 Å². The first-order chi connectivity index (χ1) is 13.3. The minimum atomic E-state index is 0.196. The van der Waals surface area contributed by atoms with Crippen molar-refractivity contribution in [3.05, 3.63) is 24.3 Å². The van der Waals surface area contributed by atoms with E-state index in [1.807, 2.05) is 0 Å². The maximum absolute atomic E-state index is 12.4. The molecule has 1 aliphatic carbocycles. The zero-order valence-corrected chi connectivity index (χ0v) is 16.6. The lowest BCUT2D eigenvalue weighted by atomic mass is 9.93. The molecule has 0 spiro atoms. The fourth-order valence-corrected chi connectivity index (χ4v) is 5.53. The summed E-state index contributed by atoms with van der Waals surface area (Å²) >= 11 is 1.80. The van der Waals surface area contributed by atoms with E-state index in [0.717, 1.165) is 49.7 Å². The number of likely N-dealkylation sites (tertiary alicyclic amines) is 1. The van der Waals surface area contributed by atoms with Crippen LogP contribution in [0.25, 0.3) is 10.2 Å². The standard InChI is InChI=1S/C21H28N4OS/c26-20(22-16-7-8-16)15-4-3-11-25(14-15)17-9-12-24(13-10-17)21-23-18-5-1-2-6-19(18)27-21/h1-2,5-6,15-17H,3-4,7-14H2,(H,22,26)/t15-/m1/s1. The van der Waals surface area contributed by atoms with Crippen LogP contribution in [0.15, 0.2) is 24.3 Å². The maximum Gasteiger partial charge on any atom is 0.224 e. The molecule has 0 radical (unpaired) electrons. The molecule has 2 aliphatic heterocycles. The second-order valence-electron chi connectivity index (χ2n) is 8.30. The van der Waals surface area contributed by atoms with E-state index >= 15 is 0 Å². The third kappa shape index (κ3) is 3.83. The molecule has 1 saturated carbocycles. The highest BCUT2D eigenvalue weighted by molar-refractivity contribution is 7.22. The quantitative estimate of drug-likeness (QED) is 0.879. The number of fused-ring (bicyclic) bond motifs is 1. The first kappa shape index (κ1) is 17.4. The van der Waals surface area contributed by atoms with Crippen molar-refractivity contribution in [3.63, 3.8) is 0 Å². The van der Waals surface area contributed by atoms with Gasteiger partial charge in [0.1, 0.15) is 0 Å². The number of piperidine rings is 2. The number of nitrogens with zero attached hydrogens (tertiary/aromatic N) is 3. The van der Waals surface area contributed by atoms with Crippen LogP contribution in [0.1, 0.15) is 38.5 Å². The molecule has 6 heteroatoms. The number of thiazole rings is 1. The van der Waals surface area contributed by atoms with Crippen molar-refractivity contribution in [2.75, 3.05) is 31.1 Å². The Bertz CT molecular complexity index is 776. The third-order valence-corrected chi connectivity index (χ3v) is 7.38. The minimum Gasteiger partial charge on any atom is -0.353 e. The van der Waals surface area contributed by atoms with Crippen LogP contribution in [0.5, 0.6) is 0 Å². The molecule has 1 amide bonds. The van der Waals surface area contributed by atoms with Crippen LogP contribution in [-0.2, 0) is 4.79 Å². The summed E-state index contributed by atoms with van der Waals surface area (Å²) in [5.74, 6) is 0.496. The SMILES string of the molecule is O=C(NC1CC1)[C@@H]1CCCN(C2CCN(c3nc4ccccc4s3)CC2)C1. The van der Waals surface area contributed by atoms with Gasteiger partial charge in [-0.1, -0.05) is 23.5 Å². The predicted molar refractivity (Wildman–Crippen MR) is 110 cm³/mol. The number of aromatic nitrogens is 1. The van der Waals surface area contributed by atoms with E-state index in [1.165, 1.54) is 30.4 Å². The van der Waals surface area contributed by atoms with Crippen molar-refractivity contribution >= 4 is 32.6 Å². The van der Waals surface area contributed by atoms with E-state index in [1.54, 1.807) is 11.3 Å². The van der Waals surface area contributed by atoms with Crippen LogP contribution >= 0.6 is 11.3 Å². The molecule has 5 nitrogen and oxygen atoms in total. The van der Waals surface area contributed by atoms with Gasteiger partial charge >= 0.3 is 0 Å². The highest BCUT2D eigenvalue weighted by Gasteiger charge is 2.34. The van der Waals surface area contributed by atoms with Crippen LogP contribution in [-0.4, -0.2) is 54.1 Å². The van der Waals surface area contributed by atoms with Gasteiger partial charge in [-0.05, 0) is 57.2 Å². The molecule has 144 valence electrons. The third-order valence-electron chi connectivity index (χ3n) is 6.28. The lowest BCUT2D eigenvalue weighted by molar-refractivity contribution is -0.127. The summed E-state index contributed by atoms with van der Waals surface area (Å²) in [5, 5.41) is 4.37. The van der Waals surface area contributed by atoms with Crippen LogP contribution in [0, 0.1) is 5.92 Å². The fourth-order valence-electron chi connectivity index (χ4n) is 4.52. The van der Waals surface area contributed by atoms with Gasteiger partial charge in [-0.3, -0.25) is 9.69 Å². The summed E-state index contributed by atoms with van der Waals surface area (Å²) in [5.41, 5.74) is 1.11. The van der Waals surface area contributed by atoms with E-state index in [2.05, 4.69) is 39.4 Å². The number of para-hydroxylation sites is 1. The topological polar surface area (TPSA) is 48.5 Å². The van der Waals surface area contributed by atoms with Crippen molar-refractivity contribution in [1.29, 1.82) is 0 Å². The normalized spacial score (nSPS) is 25.0. The molecule has 2 aromatic rings. The van der Waals surface area contributed by atoms with Gasteiger partial charge in [0.25, 0.3) is 0 Å². The molecular weight excluding hydrogens is 356 g/mol. The average Bonchev–Trinajstić information content (AvgIpc) is 3.42. The molecule has 3 aliphatic rings. The Kier molecular flexibility index (Phi) is 4.78. The van der Waals surface area contributed by atoms with Gasteiger partial charge in [0, 0.05) is 31.7 Å². The summed E-state index contributed by atoms with van der Waals surface area (Å²) in [6.07, 6.45) is 6.90.